The zero-order valence-electron chi connectivity index (χ0n) is 9.60. The maximum Gasteiger partial charge on any atom is 0.293 e. The second-order valence-corrected chi connectivity index (χ2v) is 3.94. The Morgan fingerprint density at radius 2 is 2.28 bits per heavy atom. The third-order valence-corrected chi connectivity index (χ3v) is 2.55. The van der Waals surface area contributed by atoms with Crippen molar-refractivity contribution in [3.63, 3.8) is 0 Å². The van der Waals surface area contributed by atoms with E-state index in [-0.39, 0.29) is 17.6 Å². The molecule has 1 amide bonds. The molecule has 0 aliphatic heterocycles. The van der Waals surface area contributed by atoms with Crippen molar-refractivity contribution < 1.29 is 9.21 Å². The Kier molecular flexibility index (Phi) is 2.33. The maximum atomic E-state index is 11.9. The number of H-pyrrole nitrogens is 1. The fraction of sp³-hybridized carbons (Fsp3) is 0.0833. The first-order valence-corrected chi connectivity index (χ1v) is 5.39. The number of rotatable bonds is 2. The molecule has 0 saturated carbocycles. The summed E-state index contributed by atoms with van der Waals surface area (Å²) in [5, 5.41) is 9.63. The minimum Gasteiger partial charge on any atom is -0.451 e. The number of furan rings is 1. The zero-order chi connectivity index (χ0) is 12.5. The number of carbonyl (C=O) groups is 1. The van der Waals surface area contributed by atoms with E-state index in [0.717, 1.165) is 10.9 Å². The Labute approximate surface area is 102 Å². The minimum absolute atomic E-state index is 0.243. The molecule has 0 unspecified atom stereocenters. The standard InChI is InChI=1S/C12H10N4O2/c1-7-2-3-8-5-10(18-9(8)4-7)11(17)15-12-13-6-14-16-12/h2-6H,1H3,(H2,13,14,15,16,17). The number of aryl methyl sites for hydroxylation is 1. The molecule has 90 valence electrons. The molecule has 0 saturated heterocycles. The van der Waals surface area contributed by atoms with Gasteiger partial charge in [-0.05, 0) is 24.6 Å². The van der Waals surface area contributed by atoms with Gasteiger partial charge in [-0.1, -0.05) is 12.1 Å². The highest BCUT2D eigenvalue weighted by molar-refractivity contribution is 6.03. The molecule has 3 rings (SSSR count). The van der Waals surface area contributed by atoms with Gasteiger partial charge in [-0.25, -0.2) is 5.10 Å². The number of hydrogen-bond acceptors (Lipinski definition) is 4. The van der Waals surface area contributed by atoms with Gasteiger partial charge in [-0.2, -0.15) is 10.1 Å². The van der Waals surface area contributed by atoms with E-state index >= 15 is 0 Å². The molecule has 0 aliphatic carbocycles. The molecule has 2 N–H and O–H groups in total. The van der Waals surface area contributed by atoms with Crippen LogP contribution in [0.1, 0.15) is 16.1 Å². The summed E-state index contributed by atoms with van der Waals surface area (Å²) in [7, 11) is 0. The Balaban J connectivity index is 1.92. The van der Waals surface area contributed by atoms with Gasteiger partial charge in [0.25, 0.3) is 5.91 Å². The van der Waals surface area contributed by atoms with E-state index in [9.17, 15) is 4.79 Å². The molecule has 2 heterocycles. The summed E-state index contributed by atoms with van der Waals surface area (Å²) in [6, 6.07) is 7.47. The second-order valence-electron chi connectivity index (χ2n) is 3.94. The first-order valence-electron chi connectivity index (χ1n) is 5.39. The molecular formula is C12H10N4O2. The number of amides is 1. The average molecular weight is 242 g/mol. The van der Waals surface area contributed by atoms with Gasteiger partial charge in [0.1, 0.15) is 11.9 Å². The molecule has 0 bridgehead atoms. The third-order valence-electron chi connectivity index (χ3n) is 2.55. The molecule has 6 nitrogen and oxygen atoms in total. The van der Waals surface area contributed by atoms with E-state index in [1.165, 1.54) is 6.33 Å². The third kappa shape index (κ3) is 1.84. The lowest BCUT2D eigenvalue weighted by Gasteiger charge is -1.96. The summed E-state index contributed by atoms with van der Waals surface area (Å²) in [6.07, 6.45) is 1.32. The lowest BCUT2D eigenvalue weighted by atomic mass is 10.2. The number of carbonyl (C=O) groups excluding carboxylic acids is 1. The van der Waals surface area contributed by atoms with Gasteiger partial charge in [0.15, 0.2) is 5.76 Å². The van der Waals surface area contributed by atoms with Gasteiger partial charge in [-0.3, -0.25) is 10.1 Å². The molecular weight excluding hydrogens is 232 g/mol. The summed E-state index contributed by atoms with van der Waals surface area (Å²) in [6.45, 7) is 1.97. The summed E-state index contributed by atoms with van der Waals surface area (Å²) < 4.78 is 5.49. The normalized spacial score (nSPS) is 10.7. The summed E-state index contributed by atoms with van der Waals surface area (Å²) in [4.78, 5) is 15.7. The minimum atomic E-state index is -0.361. The van der Waals surface area contributed by atoms with Gasteiger partial charge in [0.2, 0.25) is 5.95 Å². The highest BCUT2D eigenvalue weighted by Crippen LogP contribution is 2.20. The second kappa shape index (κ2) is 3.99. The van der Waals surface area contributed by atoms with Crippen LogP contribution in [0.3, 0.4) is 0 Å². The number of aromatic amines is 1. The van der Waals surface area contributed by atoms with Gasteiger partial charge >= 0.3 is 0 Å². The van der Waals surface area contributed by atoms with Crippen molar-refractivity contribution in [2.45, 2.75) is 6.92 Å². The Bertz CT molecular complexity index is 700. The fourth-order valence-electron chi connectivity index (χ4n) is 1.69. The zero-order valence-corrected chi connectivity index (χ0v) is 9.60. The monoisotopic (exact) mass is 242 g/mol. The Morgan fingerprint density at radius 1 is 1.39 bits per heavy atom. The van der Waals surface area contributed by atoms with Crippen molar-refractivity contribution in [3.8, 4) is 0 Å². The van der Waals surface area contributed by atoms with Crippen molar-refractivity contribution >= 4 is 22.8 Å². The number of nitrogens with zero attached hydrogens (tertiary/aromatic N) is 2. The van der Waals surface area contributed by atoms with Gasteiger partial charge in [0, 0.05) is 5.39 Å². The molecule has 0 radical (unpaired) electrons. The molecule has 1 aromatic carbocycles. The molecule has 3 aromatic rings. The van der Waals surface area contributed by atoms with Crippen molar-refractivity contribution in [2.75, 3.05) is 5.32 Å². The molecule has 0 spiro atoms. The van der Waals surface area contributed by atoms with E-state index in [1.807, 2.05) is 25.1 Å². The van der Waals surface area contributed by atoms with Crippen LogP contribution >= 0.6 is 0 Å². The van der Waals surface area contributed by atoms with Crippen molar-refractivity contribution in [1.82, 2.24) is 15.2 Å². The maximum absolute atomic E-state index is 11.9. The van der Waals surface area contributed by atoms with E-state index in [2.05, 4.69) is 20.5 Å². The fourth-order valence-corrected chi connectivity index (χ4v) is 1.69. The summed E-state index contributed by atoms with van der Waals surface area (Å²) >= 11 is 0. The molecule has 0 aliphatic rings. The topological polar surface area (TPSA) is 83.8 Å². The molecule has 2 aromatic heterocycles. The Hall–Kier alpha value is -2.63. The van der Waals surface area contributed by atoms with E-state index in [0.29, 0.717) is 5.58 Å². The van der Waals surface area contributed by atoms with E-state index < -0.39 is 0 Å². The van der Waals surface area contributed by atoms with Crippen LogP contribution in [0.4, 0.5) is 5.95 Å². The summed E-state index contributed by atoms with van der Waals surface area (Å²) in [5.41, 5.74) is 1.77. The van der Waals surface area contributed by atoms with Crippen LogP contribution in [0, 0.1) is 6.92 Å². The van der Waals surface area contributed by atoms with Crippen LogP contribution in [0.5, 0.6) is 0 Å². The van der Waals surface area contributed by atoms with E-state index in [4.69, 9.17) is 4.42 Å². The highest BCUT2D eigenvalue weighted by Gasteiger charge is 2.13. The number of benzene rings is 1. The SMILES string of the molecule is Cc1ccc2cc(C(=O)Nc3ncn[nH]3)oc2c1. The van der Waals surface area contributed by atoms with Crippen LogP contribution in [-0.2, 0) is 0 Å². The largest absolute Gasteiger partial charge is 0.451 e. The molecule has 0 atom stereocenters. The average Bonchev–Trinajstić information content (AvgIpc) is 2.96. The molecule has 0 fully saturated rings. The van der Waals surface area contributed by atoms with Gasteiger partial charge in [0.05, 0.1) is 0 Å². The van der Waals surface area contributed by atoms with Crippen LogP contribution < -0.4 is 5.32 Å². The number of anilines is 1. The number of aromatic nitrogens is 3. The van der Waals surface area contributed by atoms with Crippen molar-refractivity contribution in [2.24, 2.45) is 0 Å². The van der Waals surface area contributed by atoms with Crippen molar-refractivity contribution in [1.29, 1.82) is 0 Å². The van der Waals surface area contributed by atoms with Crippen LogP contribution in [0.2, 0.25) is 0 Å². The molecule has 6 heteroatoms. The predicted octanol–water partition coefficient (Wildman–Crippen LogP) is 2.11. The summed E-state index contributed by atoms with van der Waals surface area (Å²) in [5.74, 6) is 0.171. The van der Waals surface area contributed by atoms with E-state index in [1.54, 1.807) is 6.07 Å². The van der Waals surface area contributed by atoms with Crippen LogP contribution in [0.25, 0.3) is 11.0 Å². The lowest BCUT2D eigenvalue weighted by Crippen LogP contribution is -2.11. The first kappa shape index (κ1) is 10.5. The first-order chi connectivity index (χ1) is 8.72. The quantitative estimate of drug-likeness (QED) is 0.720. The number of fused-ring (bicyclic) bond motifs is 1. The van der Waals surface area contributed by atoms with Gasteiger partial charge < -0.3 is 4.42 Å². The van der Waals surface area contributed by atoms with Crippen LogP contribution in [0.15, 0.2) is 35.0 Å². The number of nitrogens with one attached hydrogen (secondary N) is 2. The predicted molar refractivity (Wildman–Crippen MR) is 65.3 cm³/mol. The van der Waals surface area contributed by atoms with Crippen molar-refractivity contribution in [3.05, 3.63) is 41.9 Å². The smallest absolute Gasteiger partial charge is 0.293 e. The van der Waals surface area contributed by atoms with Gasteiger partial charge in [-0.15, -0.1) is 0 Å². The lowest BCUT2D eigenvalue weighted by molar-refractivity contribution is 0.0998. The molecule has 18 heavy (non-hydrogen) atoms. The number of hydrogen-bond donors (Lipinski definition) is 2. The highest BCUT2D eigenvalue weighted by atomic mass is 16.3. The Morgan fingerprint density at radius 3 is 3.06 bits per heavy atom. The van der Waals surface area contributed by atoms with Crippen LogP contribution in [-0.4, -0.2) is 21.1 Å².